The summed E-state index contributed by atoms with van der Waals surface area (Å²) in [5, 5.41) is 0.391. The van der Waals surface area contributed by atoms with Crippen LogP contribution in [0.25, 0.3) is 10.9 Å². The Labute approximate surface area is 144 Å². The van der Waals surface area contributed by atoms with Crippen LogP contribution in [0.1, 0.15) is 5.56 Å². The number of fused-ring (bicyclic) bond motifs is 1. The summed E-state index contributed by atoms with van der Waals surface area (Å²) in [6, 6.07) is 16.6. The molecule has 0 aliphatic carbocycles. The molecule has 128 valence electrons. The Hall–Kier alpha value is -3.15. The van der Waals surface area contributed by atoms with Gasteiger partial charge in [-0.2, -0.15) is 0 Å². The highest BCUT2D eigenvalue weighted by molar-refractivity contribution is 5.78. The van der Waals surface area contributed by atoms with E-state index in [-0.39, 0.29) is 12.5 Å². The Kier molecular flexibility index (Phi) is 4.79. The summed E-state index contributed by atoms with van der Waals surface area (Å²) in [5.74, 6) is -0.279. The fraction of sp³-hybridized carbons (Fsp3) is 0.211. The van der Waals surface area contributed by atoms with Crippen molar-refractivity contribution in [3.8, 4) is 0 Å². The van der Waals surface area contributed by atoms with Gasteiger partial charge in [0.2, 0.25) is 5.91 Å². The number of carbonyl (C=O) groups excluding carboxylic acids is 1. The number of rotatable bonds is 5. The first-order valence-electron chi connectivity index (χ1n) is 8.06. The number of aromatic nitrogens is 2. The minimum Gasteiger partial charge on any atom is -0.344 e. The number of nitrogens with one attached hydrogen (secondary N) is 1. The molecule has 3 aromatic rings. The smallest absolute Gasteiger partial charge is 0.329 e. The van der Waals surface area contributed by atoms with E-state index in [9.17, 15) is 14.4 Å². The highest BCUT2D eigenvalue weighted by Gasteiger charge is 2.14. The maximum atomic E-state index is 12.5. The van der Waals surface area contributed by atoms with Gasteiger partial charge in [-0.05, 0) is 24.1 Å². The maximum Gasteiger partial charge on any atom is 0.329 e. The molecule has 0 saturated carbocycles. The summed E-state index contributed by atoms with van der Waals surface area (Å²) < 4.78 is 0.948. The molecule has 0 fully saturated rings. The van der Waals surface area contributed by atoms with Gasteiger partial charge in [0.25, 0.3) is 5.56 Å². The van der Waals surface area contributed by atoms with E-state index in [4.69, 9.17) is 0 Å². The fourth-order valence-electron chi connectivity index (χ4n) is 2.66. The second kappa shape index (κ2) is 7.17. The quantitative estimate of drug-likeness (QED) is 0.764. The maximum absolute atomic E-state index is 12.5. The summed E-state index contributed by atoms with van der Waals surface area (Å²) in [5.41, 5.74) is 0.569. The number of H-pyrrole nitrogens is 1. The first-order chi connectivity index (χ1) is 12.1. The molecule has 6 nitrogen and oxygen atoms in total. The van der Waals surface area contributed by atoms with Gasteiger partial charge in [-0.3, -0.25) is 14.2 Å². The molecule has 3 rings (SSSR count). The lowest BCUT2D eigenvalue weighted by Crippen LogP contribution is -2.41. The molecule has 0 radical (unpaired) electrons. The van der Waals surface area contributed by atoms with Gasteiger partial charge in [-0.15, -0.1) is 0 Å². The third-order valence-corrected chi connectivity index (χ3v) is 4.19. The molecule has 0 spiro atoms. The van der Waals surface area contributed by atoms with E-state index in [0.29, 0.717) is 23.9 Å². The van der Waals surface area contributed by atoms with Crippen LogP contribution in [0.15, 0.2) is 64.2 Å². The monoisotopic (exact) mass is 337 g/mol. The predicted molar refractivity (Wildman–Crippen MR) is 96.6 cm³/mol. The average Bonchev–Trinajstić information content (AvgIpc) is 2.63. The van der Waals surface area contributed by atoms with Gasteiger partial charge in [-0.25, -0.2) is 4.79 Å². The third kappa shape index (κ3) is 3.68. The molecule has 0 bridgehead atoms. The van der Waals surface area contributed by atoms with Crippen LogP contribution in [0, 0.1) is 0 Å². The van der Waals surface area contributed by atoms with Crippen molar-refractivity contribution in [1.82, 2.24) is 14.5 Å². The van der Waals surface area contributed by atoms with E-state index in [2.05, 4.69) is 4.98 Å². The molecule has 1 aromatic heterocycles. The molecule has 0 atom stereocenters. The summed E-state index contributed by atoms with van der Waals surface area (Å²) in [6.45, 7) is 0.243. The van der Waals surface area contributed by atoms with Gasteiger partial charge in [0.05, 0.1) is 10.9 Å². The van der Waals surface area contributed by atoms with E-state index in [0.717, 1.165) is 10.1 Å². The van der Waals surface area contributed by atoms with Gasteiger partial charge in [0.15, 0.2) is 0 Å². The van der Waals surface area contributed by atoms with Crippen LogP contribution >= 0.6 is 0 Å². The zero-order valence-corrected chi connectivity index (χ0v) is 13.9. The van der Waals surface area contributed by atoms with E-state index in [1.54, 1.807) is 31.3 Å². The zero-order valence-electron chi connectivity index (χ0n) is 13.9. The SMILES string of the molecule is CN(CCc1ccccc1)C(=O)Cn1c(=O)[nH]c2ccccc2c1=O. The molecule has 1 N–H and O–H groups in total. The standard InChI is InChI=1S/C19H19N3O3/c1-21(12-11-14-7-3-2-4-8-14)17(23)13-22-18(24)15-9-5-6-10-16(15)20-19(22)25/h2-10H,11-13H2,1H3,(H,20,25). The van der Waals surface area contributed by atoms with Gasteiger partial charge < -0.3 is 9.88 Å². The van der Waals surface area contributed by atoms with Gasteiger partial charge >= 0.3 is 5.69 Å². The van der Waals surface area contributed by atoms with Crippen LogP contribution in [0.2, 0.25) is 0 Å². The molecule has 0 aliphatic heterocycles. The Morgan fingerprint density at radius 1 is 1.04 bits per heavy atom. The van der Waals surface area contributed by atoms with E-state index in [1.165, 1.54) is 4.90 Å². The number of carbonyl (C=O) groups is 1. The number of hydrogen-bond acceptors (Lipinski definition) is 3. The lowest BCUT2D eigenvalue weighted by atomic mass is 10.1. The fourth-order valence-corrected chi connectivity index (χ4v) is 2.66. The van der Waals surface area contributed by atoms with Crippen molar-refractivity contribution in [3.05, 3.63) is 81.0 Å². The average molecular weight is 337 g/mol. The van der Waals surface area contributed by atoms with Gasteiger partial charge in [0.1, 0.15) is 6.54 Å². The second-order valence-corrected chi connectivity index (χ2v) is 5.92. The lowest BCUT2D eigenvalue weighted by molar-refractivity contribution is -0.130. The zero-order chi connectivity index (χ0) is 17.8. The van der Waals surface area contributed by atoms with Crippen molar-refractivity contribution >= 4 is 16.8 Å². The van der Waals surface area contributed by atoms with Crippen LogP contribution in [0.3, 0.4) is 0 Å². The molecule has 1 heterocycles. The second-order valence-electron chi connectivity index (χ2n) is 5.92. The highest BCUT2D eigenvalue weighted by atomic mass is 16.2. The van der Waals surface area contributed by atoms with Crippen LogP contribution in [-0.2, 0) is 17.8 Å². The summed E-state index contributed by atoms with van der Waals surface area (Å²) >= 11 is 0. The largest absolute Gasteiger partial charge is 0.344 e. The molecule has 0 saturated heterocycles. The summed E-state index contributed by atoms with van der Waals surface area (Å²) in [4.78, 5) is 41.1. The van der Waals surface area contributed by atoms with Crippen molar-refractivity contribution in [1.29, 1.82) is 0 Å². The molecule has 6 heteroatoms. The first-order valence-corrected chi connectivity index (χ1v) is 8.06. The van der Waals surface area contributed by atoms with Crippen LogP contribution in [-0.4, -0.2) is 34.0 Å². The highest BCUT2D eigenvalue weighted by Crippen LogP contribution is 2.04. The summed E-state index contributed by atoms with van der Waals surface area (Å²) in [6.07, 6.45) is 0.714. The minimum atomic E-state index is -0.575. The molecular formula is C19H19N3O3. The number of amides is 1. The third-order valence-electron chi connectivity index (χ3n) is 4.19. The van der Waals surface area contributed by atoms with Gasteiger partial charge in [0, 0.05) is 13.6 Å². The topological polar surface area (TPSA) is 75.2 Å². The van der Waals surface area contributed by atoms with E-state index < -0.39 is 11.2 Å². The molecule has 0 aliphatic rings. The van der Waals surface area contributed by atoms with Crippen molar-refractivity contribution in [2.45, 2.75) is 13.0 Å². The van der Waals surface area contributed by atoms with Crippen molar-refractivity contribution in [2.75, 3.05) is 13.6 Å². The number of aromatic amines is 1. The molecule has 25 heavy (non-hydrogen) atoms. The number of likely N-dealkylation sites (N-methyl/N-ethyl adjacent to an activating group) is 1. The predicted octanol–water partition coefficient (Wildman–Crippen LogP) is 1.39. The Bertz CT molecular complexity index is 1010. The minimum absolute atomic E-state index is 0.274. The molecule has 1 amide bonds. The lowest BCUT2D eigenvalue weighted by Gasteiger charge is -2.17. The van der Waals surface area contributed by atoms with Crippen LogP contribution in [0.5, 0.6) is 0 Å². The van der Waals surface area contributed by atoms with Crippen LogP contribution < -0.4 is 11.2 Å². The first kappa shape index (κ1) is 16.7. The molecule has 0 unspecified atom stereocenters. The van der Waals surface area contributed by atoms with E-state index in [1.807, 2.05) is 30.3 Å². The molecular weight excluding hydrogens is 318 g/mol. The number of benzene rings is 2. The summed E-state index contributed by atoms with van der Waals surface area (Å²) in [7, 11) is 1.67. The van der Waals surface area contributed by atoms with Crippen LogP contribution in [0.4, 0.5) is 0 Å². The normalized spacial score (nSPS) is 10.8. The Morgan fingerprint density at radius 3 is 2.48 bits per heavy atom. The molecule has 2 aromatic carbocycles. The Balaban J connectivity index is 1.75. The Morgan fingerprint density at radius 2 is 1.72 bits per heavy atom. The van der Waals surface area contributed by atoms with Gasteiger partial charge in [-0.1, -0.05) is 42.5 Å². The number of nitrogens with zero attached hydrogens (tertiary/aromatic N) is 2. The number of hydrogen-bond donors (Lipinski definition) is 1. The van der Waals surface area contributed by atoms with Crippen molar-refractivity contribution in [3.63, 3.8) is 0 Å². The van der Waals surface area contributed by atoms with Crippen molar-refractivity contribution < 1.29 is 4.79 Å². The van der Waals surface area contributed by atoms with E-state index >= 15 is 0 Å². The number of para-hydroxylation sites is 1. The van der Waals surface area contributed by atoms with Crippen molar-refractivity contribution in [2.24, 2.45) is 0 Å².